The maximum absolute atomic E-state index is 11.1. The lowest BCUT2D eigenvalue weighted by atomic mass is 10.2. The Labute approximate surface area is 127 Å². The first kappa shape index (κ1) is 20.1. The number of hydrogen-bond donors (Lipinski definition) is 1. The van der Waals surface area contributed by atoms with Gasteiger partial charge in [0.15, 0.2) is 0 Å². The average Bonchev–Trinajstić information content (AvgIpc) is 2.35. The molecule has 0 aliphatic carbocycles. The molecule has 6 nitrogen and oxygen atoms in total. The number of rotatable bonds is 12. The van der Waals surface area contributed by atoms with Crippen LogP contribution in [-0.4, -0.2) is 56.3 Å². The molecule has 124 valence electrons. The predicted molar refractivity (Wildman–Crippen MR) is 82.8 cm³/mol. The molecule has 0 saturated heterocycles. The van der Waals surface area contributed by atoms with Crippen LogP contribution in [0.1, 0.15) is 39.0 Å². The standard InChI is InChI=1S/C14H27NO5S/c1-13(2)14(16)20-11-7-5-4-6-9-15(3)10-8-12-21(17,18)19/h1,4-12H2,2-3H3,(H,17,18,19). The highest BCUT2D eigenvalue weighted by atomic mass is 32.2. The summed E-state index contributed by atoms with van der Waals surface area (Å²) >= 11 is 0. The lowest BCUT2D eigenvalue weighted by Crippen LogP contribution is -2.22. The second kappa shape index (κ2) is 10.8. The highest BCUT2D eigenvalue weighted by Gasteiger charge is 2.05. The fourth-order valence-corrected chi connectivity index (χ4v) is 2.25. The van der Waals surface area contributed by atoms with Gasteiger partial charge in [-0.3, -0.25) is 4.55 Å². The highest BCUT2D eigenvalue weighted by Crippen LogP contribution is 2.03. The molecule has 0 aliphatic heterocycles. The van der Waals surface area contributed by atoms with Gasteiger partial charge < -0.3 is 9.64 Å². The van der Waals surface area contributed by atoms with Crippen molar-refractivity contribution in [2.45, 2.75) is 39.0 Å². The minimum Gasteiger partial charge on any atom is -0.462 e. The Balaban J connectivity index is 3.42. The normalized spacial score (nSPS) is 11.6. The fraction of sp³-hybridized carbons (Fsp3) is 0.786. The zero-order chi connectivity index (χ0) is 16.3. The SMILES string of the molecule is C=C(C)C(=O)OCCCCCCN(C)CCCS(=O)(=O)O. The van der Waals surface area contributed by atoms with Crippen LogP contribution in [0.25, 0.3) is 0 Å². The van der Waals surface area contributed by atoms with Gasteiger partial charge in [-0.05, 0) is 46.3 Å². The Kier molecular flexibility index (Phi) is 10.3. The molecular weight excluding hydrogens is 294 g/mol. The number of esters is 1. The van der Waals surface area contributed by atoms with Gasteiger partial charge >= 0.3 is 5.97 Å². The summed E-state index contributed by atoms with van der Waals surface area (Å²) in [5.41, 5.74) is 0.418. The summed E-state index contributed by atoms with van der Waals surface area (Å²) in [6, 6.07) is 0. The van der Waals surface area contributed by atoms with E-state index >= 15 is 0 Å². The van der Waals surface area contributed by atoms with Crippen LogP contribution in [0.4, 0.5) is 0 Å². The van der Waals surface area contributed by atoms with Crippen LogP contribution in [0.2, 0.25) is 0 Å². The number of hydrogen-bond acceptors (Lipinski definition) is 5. The quantitative estimate of drug-likeness (QED) is 0.256. The van der Waals surface area contributed by atoms with Crippen molar-refractivity contribution in [3.8, 4) is 0 Å². The van der Waals surface area contributed by atoms with E-state index in [-0.39, 0.29) is 11.7 Å². The van der Waals surface area contributed by atoms with Crippen LogP contribution in [0.5, 0.6) is 0 Å². The second-order valence-corrected chi connectivity index (χ2v) is 6.85. The van der Waals surface area contributed by atoms with E-state index in [1.165, 1.54) is 0 Å². The van der Waals surface area contributed by atoms with Gasteiger partial charge in [-0.25, -0.2) is 4.79 Å². The largest absolute Gasteiger partial charge is 0.462 e. The van der Waals surface area contributed by atoms with E-state index in [0.29, 0.717) is 25.1 Å². The fourth-order valence-electron chi connectivity index (χ4n) is 1.75. The molecule has 0 spiro atoms. The zero-order valence-corrected chi connectivity index (χ0v) is 13.8. The molecule has 0 aromatic carbocycles. The Morgan fingerprint density at radius 2 is 1.71 bits per heavy atom. The van der Waals surface area contributed by atoms with Gasteiger partial charge in [-0.15, -0.1) is 0 Å². The first-order valence-electron chi connectivity index (χ1n) is 7.18. The van der Waals surface area contributed by atoms with Crippen LogP contribution in [0, 0.1) is 0 Å². The van der Waals surface area contributed by atoms with Crippen LogP contribution >= 0.6 is 0 Å². The van der Waals surface area contributed by atoms with Crippen molar-refractivity contribution in [3.63, 3.8) is 0 Å². The van der Waals surface area contributed by atoms with Crippen LogP contribution in [0.15, 0.2) is 12.2 Å². The molecule has 0 aromatic heterocycles. The molecule has 0 radical (unpaired) electrons. The average molecular weight is 321 g/mol. The molecule has 0 bridgehead atoms. The maximum Gasteiger partial charge on any atom is 0.333 e. The summed E-state index contributed by atoms with van der Waals surface area (Å²) in [7, 11) is -1.91. The van der Waals surface area contributed by atoms with Gasteiger partial charge in [0.25, 0.3) is 10.1 Å². The molecular formula is C14H27NO5S. The van der Waals surface area contributed by atoms with Gasteiger partial charge in [-0.2, -0.15) is 8.42 Å². The smallest absolute Gasteiger partial charge is 0.333 e. The molecule has 0 rings (SSSR count). The van der Waals surface area contributed by atoms with Crippen molar-refractivity contribution in [2.24, 2.45) is 0 Å². The van der Waals surface area contributed by atoms with Gasteiger partial charge in [0, 0.05) is 5.57 Å². The third-order valence-corrected chi connectivity index (χ3v) is 3.76. The van der Waals surface area contributed by atoms with Crippen molar-refractivity contribution in [2.75, 3.05) is 32.5 Å². The topological polar surface area (TPSA) is 83.9 Å². The molecule has 0 aromatic rings. The Hall–Kier alpha value is -0.920. The molecule has 0 unspecified atom stereocenters. The minimum absolute atomic E-state index is 0.189. The number of carbonyl (C=O) groups excluding carboxylic acids is 1. The Morgan fingerprint density at radius 1 is 1.14 bits per heavy atom. The summed E-state index contributed by atoms with van der Waals surface area (Å²) < 4.78 is 34.7. The molecule has 0 amide bonds. The van der Waals surface area contributed by atoms with Crippen molar-refractivity contribution >= 4 is 16.1 Å². The van der Waals surface area contributed by atoms with E-state index in [0.717, 1.165) is 32.2 Å². The number of ether oxygens (including phenoxy) is 1. The number of nitrogens with zero attached hydrogens (tertiary/aromatic N) is 1. The Morgan fingerprint density at radius 3 is 2.29 bits per heavy atom. The zero-order valence-electron chi connectivity index (χ0n) is 13.0. The lowest BCUT2D eigenvalue weighted by molar-refractivity contribution is -0.139. The highest BCUT2D eigenvalue weighted by molar-refractivity contribution is 7.85. The molecule has 0 heterocycles. The summed E-state index contributed by atoms with van der Waals surface area (Å²) in [6.45, 7) is 7.10. The number of unbranched alkanes of at least 4 members (excludes halogenated alkanes) is 3. The molecule has 1 N–H and O–H groups in total. The third kappa shape index (κ3) is 13.8. The summed E-state index contributed by atoms with van der Waals surface area (Å²) in [6.07, 6.45) is 4.31. The van der Waals surface area contributed by atoms with Crippen molar-refractivity contribution in [3.05, 3.63) is 12.2 Å². The first-order chi connectivity index (χ1) is 9.72. The molecule has 0 fully saturated rings. The van der Waals surface area contributed by atoms with E-state index < -0.39 is 10.1 Å². The number of carbonyl (C=O) groups is 1. The van der Waals surface area contributed by atoms with E-state index in [1.807, 2.05) is 11.9 Å². The van der Waals surface area contributed by atoms with E-state index in [4.69, 9.17) is 9.29 Å². The van der Waals surface area contributed by atoms with E-state index in [1.54, 1.807) is 6.92 Å². The molecule has 0 aliphatic rings. The predicted octanol–water partition coefficient (Wildman–Crippen LogP) is 1.88. The molecule has 21 heavy (non-hydrogen) atoms. The first-order valence-corrected chi connectivity index (χ1v) is 8.79. The molecule has 7 heteroatoms. The molecule has 0 saturated carbocycles. The summed E-state index contributed by atoms with van der Waals surface area (Å²) in [4.78, 5) is 13.2. The van der Waals surface area contributed by atoms with Gasteiger partial charge in [0.2, 0.25) is 0 Å². The van der Waals surface area contributed by atoms with E-state index in [9.17, 15) is 13.2 Å². The Bertz CT molecular complexity index is 419. The van der Waals surface area contributed by atoms with Crippen LogP contribution in [-0.2, 0) is 19.6 Å². The van der Waals surface area contributed by atoms with Gasteiger partial charge in [-0.1, -0.05) is 19.4 Å². The van der Waals surface area contributed by atoms with Crippen molar-refractivity contribution < 1.29 is 22.5 Å². The monoisotopic (exact) mass is 321 g/mol. The maximum atomic E-state index is 11.1. The van der Waals surface area contributed by atoms with E-state index in [2.05, 4.69) is 6.58 Å². The second-order valence-electron chi connectivity index (χ2n) is 5.27. The van der Waals surface area contributed by atoms with Gasteiger partial charge in [0.05, 0.1) is 12.4 Å². The third-order valence-electron chi connectivity index (χ3n) is 2.96. The van der Waals surface area contributed by atoms with Crippen LogP contribution < -0.4 is 0 Å². The van der Waals surface area contributed by atoms with Crippen molar-refractivity contribution in [1.29, 1.82) is 0 Å². The van der Waals surface area contributed by atoms with Crippen LogP contribution in [0.3, 0.4) is 0 Å². The summed E-state index contributed by atoms with van der Waals surface area (Å²) in [5.74, 6) is -0.528. The summed E-state index contributed by atoms with van der Waals surface area (Å²) in [5, 5.41) is 0. The molecule has 0 atom stereocenters. The minimum atomic E-state index is -3.84. The lowest BCUT2D eigenvalue weighted by Gasteiger charge is -2.15. The van der Waals surface area contributed by atoms with Crippen molar-refractivity contribution in [1.82, 2.24) is 4.90 Å². The van der Waals surface area contributed by atoms with Gasteiger partial charge in [0.1, 0.15) is 0 Å².